The summed E-state index contributed by atoms with van der Waals surface area (Å²) in [5.41, 5.74) is 0.612. The molecule has 7 heteroatoms. The largest absolute Gasteiger partial charge is 0.494 e. The molecule has 1 rings (SSSR count). The minimum absolute atomic E-state index is 0. The lowest BCUT2D eigenvalue weighted by Gasteiger charge is -2.13. The second-order valence-electron chi connectivity index (χ2n) is 4.24. The van der Waals surface area contributed by atoms with Gasteiger partial charge in [0.15, 0.2) is 0 Å². The summed E-state index contributed by atoms with van der Waals surface area (Å²) < 4.78 is 15.8. The van der Waals surface area contributed by atoms with E-state index >= 15 is 0 Å². The number of carbonyl (C=O) groups excluding carboxylic acids is 1. The third-order valence-electron chi connectivity index (χ3n) is 2.60. The molecule has 126 valence electrons. The molecule has 0 atom stereocenters. The zero-order chi connectivity index (χ0) is 15.5. The van der Waals surface area contributed by atoms with Crippen LogP contribution in [0.5, 0.6) is 11.5 Å². The molecule has 0 bridgehead atoms. The highest BCUT2D eigenvalue weighted by molar-refractivity contribution is 5.94. The van der Waals surface area contributed by atoms with E-state index in [1.54, 1.807) is 19.2 Å². The van der Waals surface area contributed by atoms with Crippen LogP contribution < -0.4 is 20.1 Å². The van der Waals surface area contributed by atoms with Gasteiger partial charge in [-0.25, -0.2) is 0 Å². The third-order valence-corrected chi connectivity index (χ3v) is 2.60. The van der Waals surface area contributed by atoms with Gasteiger partial charge in [0.25, 0.3) is 0 Å². The molecule has 0 spiro atoms. The molecule has 0 aromatic heterocycles. The van der Waals surface area contributed by atoms with Crippen molar-refractivity contribution in [2.24, 2.45) is 0 Å². The van der Waals surface area contributed by atoms with Gasteiger partial charge in [-0.1, -0.05) is 0 Å². The Bertz CT molecular complexity index is 444. The molecule has 0 heterocycles. The van der Waals surface area contributed by atoms with Gasteiger partial charge < -0.3 is 24.8 Å². The third kappa shape index (κ3) is 7.49. The number of rotatable bonds is 10. The summed E-state index contributed by atoms with van der Waals surface area (Å²) in [5.74, 6) is 1.19. The van der Waals surface area contributed by atoms with Crippen molar-refractivity contribution < 1.29 is 19.0 Å². The van der Waals surface area contributed by atoms with E-state index in [4.69, 9.17) is 14.2 Å². The van der Waals surface area contributed by atoms with Crippen LogP contribution in [0.1, 0.15) is 13.8 Å². The van der Waals surface area contributed by atoms with Gasteiger partial charge in [0.1, 0.15) is 11.5 Å². The number of halogens is 1. The summed E-state index contributed by atoms with van der Waals surface area (Å²) in [6.07, 6.45) is 0. The Kier molecular flexibility index (Phi) is 11.3. The fourth-order valence-electron chi connectivity index (χ4n) is 1.72. The van der Waals surface area contributed by atoms with E-state index in [0.29, 0.717) is 43.6 Å². The molecular formula is C15H25ClN2O4. The van der Waals surface area contributed by atoms with E-state index < -0.39 is 0 Å². The summed E-state index contributed by atoms with van der Waals surface area (Å²) in [4.78, 5) is 11.9. The molecule has 1 aromatic rings. The molecule has 0 aliphatic carbocycles. The maximum atomic E-state index is 11.9. The van der Waals surface area contributed by atoms with Crippen molar-refractivity contribution in [3.8, 4) is 11.5 Å². The van der Waals surface area contributed by atoms with Crippen LogP contribution in [0.3, 0.4) is 0 Å². The van der Waals surface area contributed by atoms with Crippen molar-refractivity contribution in [3.63, 3.8) is 0 Å². The van der Waals surface area contributed by atoms with E-state index in [2.05, 4.69) is 10.6 Å². The molecule has 0 saturated carbocycles. The Labute approximate surface area is 137 Å². The van der Waals surface area contributed by atoms with Crippen molar-refractivity contribution in [1.29, 1.82) is 0 Å². The first-order valence-corrected chi connectivity index (χ1v) is 7.10. The molecule has 0 fully saturated rings. The van der Waals surface area contributed by atoms with Gasteiger partial charge in [-0.05, 0) is 26.0 Å². The smallest absolute Gasteiger partial charge is 0.238 e. The van der Waals surface area contributed by atoms with E-state index in [9.17, 15) is 4.79 Å². The Balaban J connectivity index is 0.00000441. The molecular weight excluding hydrogens is 308 g/mol. The number of benzene rings is 1. The summed E-state index contributed by atoms with van der Waals surface area (Å²) in [7, 11) is 1.62. The number of ether oxygens (including phenoxy) is 3. The van der Waals surface area contributed by atoms with Crippen LogP contribution in [0.4, 0.5) is 5.69 Å². The van der Waals surface area contributed by atoms with Crippen molar-refractivity contribution in [3.05, 3.63) is 18.2 Å². The summed E-state index contributed by atoms with van der Waals surface area (Å²) >= 11 is 0. The second-order valence-corrected chi connectivity index (χ2v) is 4.24. The van der Waals surface area contributed by atoms with E-state index in [0.717, 1.165) is 0 Å². The SMILES string of the molecule is CCOc1ccc(OCC)c(NC(=O)CNCCOC)c1.Cl. The number of anilines is 1. The van der Waals surface area contributed by atoms with E-state index in [-0.39, 0.29) is 24.9 Å². The molecule has 1 amide bonds. The van der Waals surface area contributed by atoms with Crippen LogP contribution in [0.25, 0.3) is 0 Å². The van der Waals surface area contributed by atoms with Gasteiger partial charge in [0, 0.05) is 19.7 Å². The van der Waals surface area contributed by atoms with Crippen LogP contribution in [0.2, 0.25) is 0 Å². The van der Waals surface area contributed by atoms with Crippen LogP contribution >= 0.6 is 12.4 Å². The Hall–Kier alpha value is -1.50. The fourth-order valence-corrected chi connectivity index (χ4v) is 1.72. The predicted molar refractivity (Wildman–Crippen MR) is 89.4 cm³/mol. The minimum atomic E-state index is -0.138. The number of methoxy groups -OCH3 is 1. The topological polar surface area (TPSA) is 68.8 Å². The van der Waals surface area contributed by atoms with Crippen molar-refractivity contribution in [1.82, 2.24) is 5.32 Å². The normalized spacial score (nSPS) is 9.77. The first kappa shape index (κ1) is 20.5. The minimum Gasteiger partial charge on any atom is -0.494 e. The zero-order valence-electron chi connectivity index (χ0n) is 13.3. The van der Waals surface area contributed by atoms with Gasteiger partial charge in [-0.2, -0.15) is 0 Å². The number of hydrogen-bond donors (Lipinski definition) is 2. The molecule has 2 N–H and O–H groups in total. The average molecular weight is 333 g/mol. The Morgan fingerprint density at radius 2 is 1.91 bits per heavy atom. The predicted octanol–water partition coefficient (Wildman–Crippen LogP) is 2.08. The molecule has 0 aliphatic heterocycles. The Morgan fingerprint density at radius 1 is 1.18 bits per heavy atom. The number of carbonyl (C=O) groups is 1. The Morgan fingerprint density at radius 3 is 2.55 bits per heavy atom. The standard InChI is InChI=1S/C15H24N2O4.ClH/c1-4-20-12-6-7-14(21-5-2)13(10-12)17-15(18)11-16-8-9-19-3;/h6-7,10,16H,4-5,8-9,11H2,1-3H3,(H,17,18);1H. The van der Waals surface area contributed by atoms with Crippen molar-refractivity contribution in [2.45, 2.75) is 13.8 Å². The van der Waals surface area contributed by atoms with Crippen molar-refractivity contribution >= 4 is 24.0 Å². The lowest BCUT2D eigenvalue weighted by atomic mass is 10.2. The first-order chi connectivity index (χ1) is 10.2. The quantitative estimate of drug-likeness (QED) is 0.642. The molecule has 22 heavy (non-hydrogen) atoms. The van der Waals surface area contributed by atoms with Crippen LogP contribution in [-0.4, -0.2) is 45.9 Å². The monoisotopic (exact) mass is 332 g/mol. The van der Waals surface area contributed by atoms with Gasteiger partial charge >= 0.3 is 0 Å². The molecule has 0 radical (unpaired) electrons. The number of nitrogens with one attached hydrogen (secondary N) is 2. The maximum Gasteiger partial charge on any atom is 0.238 e. The summed E-state index contributed by atoms with van der Waals surface area (Å²) in [6, 6.07) is 5.38. The van der Waals surface area contributed by atoms with E-state index in [1.807, 2.05) is 19.9 Å². The molecule has 0 aliphatic rings. The zero-order valence-corrected chi connectivity index (χ0v) is 14.1. The number of hydrogen-bond acceptors (Lipinski definition) is 5. The average Bonchev–Trinajstić information content (AvgIpc) is 2.47. The summed E-state index contributed by atoms with van der Waals surface area (Å²) in [5, 5.41) is 5.81. The highest BCUT2D eigenvalue weighted by atomic mass is 35.5. The van der Waals surface area contributed by atoms with E-state index in [1.165, 1.54) is 0 Å². The van der Waals surface area contributed by atoms with Gasteiger partial charge in [0.2, 0.25) is 5.91 Å². The van der Waals surface area contributed by atoms with Crippen LogP contribution in [0, 0.1) is 0 Å². The first-order valence-electron chi connectivity index (χ1n) is 7.10. The maximum absolute atomic E-state index is 11.9. The summed E-state index contributed by atoms with van der Waals surface area (Å²) in [6.45, 7) is 6.32. The van der Waals surface area contributed by atoms with Gasteiger partial charge in [-0.3, -0.25) is 4.79 Å². The fraction of sp³-hybridized carbons (Fsp3) is 0.533. The van der Waals surface area contributed by atoms with Crippen LogP contribution in [0.15, 0.2) is 18.2 Å². The highest BCUT2D eigenvalue weighted by Crippen LogP contribution is 2.29. The molecule has 0 saturated heterocycles. The molecule has 6 nitrogen and oxygen atoms in total. The molecule has 1 aromatic carbocycles. The second kappa shape index (κ2) is 12.1. The lowest BCUT2D eigenvalue weighted by Crippen LogP contribution is -2.30. The van der Waals surface area contributed by atoms with Gasteiger partial charge in [0.05, 0.1) is 32.1 Å². The highest BCUT2D eigenvalue weighted by Gasteiger charge is 2.09. The van der Waals surface area contributed by atoms with Crippen molar-refractivity contribution in [2.75, 3.05) is 45.3 Å². The number of amides is 1. The lowest BCUT2D eigenvalue weighted by molar-refractivity contribution is -0.115. The molecule has 0 unspecified atom stereocenters. The van der Waals surface area contributed by atoms with Gasteiger partial charge in [-0.15, -0.1) is 12.4 Å². The van der Waals surface area contributed by atoms with Crippen LogP contribution in [-0.2, 0) is 9.53 Å².